The van der Waals surface area contributed by atoms with Crippen LogP contribution in [0.25, 0.3) is 0 Å². The van der Waals surface area contributed by atoms with Gasteiger partial charge in [-0.05, 0) is 42.9 Å². The van der Waals surface area contributed by atoms with Crippen LogP contribution in [-0.4, -0.2) is 67.6 Å². The number of nitrogens with zero attached hydrogens (tertiary/aromatic N) is 3. The molecular weight excluding hydrogens is 395 g/mol. The minimum atomic E-state index is -3.51. The molecule has 2 aliphatic rings. The van der Waals surface area contributed by atoms with Gasteiger partial charge in [0.1, 0.15) is 0 Å². The highest BCUT2D eigenvalue weighted by Crippen LogP contribution is 2.32. The first-order valence-corrected chi connectivity index (χ1v) is 10.6. The number of hydrogen-bond acceptors (Lipinski definition) is 3. The molecule has 0 aromatic heterocycles. The largest absolute Gasteiger partial charge is 0.339 e. The summed E-state index contributed by atoms with van der Waals surface area (Å²) in [6.07, 6.45) is 1.83. The Kier molecular flexibility index (Phi) is 6.02. The van der Waals surface area contributed by atoms with Crippen molar-refractivity contribution in [2.75, 3.05) is 33.7 Å². The number of halogens is 3. The molecule has 10 heteroatoms. The lowest BCUT2D eigenvalue weighted by molar-refractivity contribution is -0.137. The van der Waals surface area contributed by atoms with Crippen LogP contribution in [0.5, 0.6) is 0 Å². The van der Waals surface area contributed by atoms with Crippen molar-refractivity contribution in [1.29, 1.82) is 0 Å². The molecular formula is C18H24F3N3O3S. The number of carbonyl (C=O) groups is 1. The fourth-order valence-electron chi connectivity index (χ4n) is 4.11. The van der Waals surface area contributed by atoms with E-state index in [1.165, 1.54) is 22.7 Å². The Labute approximate surface area is 163 Å². The van der Waals surface area contributed by atoms with Gasteiger partial charge in [-0.25, -0.2) is 13.2 Å². The fraction of sp³-hybridized carbons (Fsp3) is 0.611. The number of likely N-dealkylation sites (tertiary alicyclic amines) is 1. The van der Waals surface area contributed by atoms with Crippen LogP contribution in [-0.2, 0) is 21.4 Å². The third-order valence-corrected chi connectivity index (χ3v) is 7.44. The van der Waals surface area contributed by atoms with Gasteiger partial charge in [0.25, 0.3) is 10.2 Å². The van der Waals surface area contributed by atoms with Crippen LogP contribution in [0, 0.1) is 23.4 Å². The van der Waals surface area contributed by atoms with Crippen LogP contribution in [0.2, 0.25) is 0 Å². The number of rotatable bonds is 4. The summed E-state index contributed by atoms with van der Waals surface area (Å²) in [5.41, 5.74) is 0.0798. The van der Waals surface area contributed by atoms with Gasteiger partial charge < -0.3 is 4.90 Å². The summed E-state index contributed by atoms with van der Waals surface area (Å²) in [6.45, 7) is 1.17. The molecule has 0 radical (unpaired) electrons. The van der Waals surface area contributed by atoms with Gasteiger partial charge >= 0.3 is 0 Å². The molecule has 156 valence electrons. The summed E-state index contributed by atoms with van der Waals surface area (Å²) in [5, 5.41) is 0. The third kappa shape index (κ3) is 4.04. The summed E-state index contributed by atoms with van der Waals surface area (Å²) < 4.78 is 67.3. The first-order chi connectivity index (χ1) is 13.1. The summed E-state index contributed by atoms with van der Waals surface area (Å²) in [7, 11) is -0.536. The highest BCUT2D eigenvalue weighted by atomic mass is 32.2. The zero-order chi connectivity index (χ0) is 20.6. The van der Waals surface area contributed by atoms with Gasteiger partial charge in [0, 0.05) is 39.8 Å². The summed E-state index contributed by atoms with van der Waals surface area (Å²) >= 11 is 0. The molecule has 2 fully saturated rings. The Morgan fingerprint density at radius 1 is 1.14 bits per heavy atom. The maximum absolute atomic E-state index is 13.4. The molecule has 2 saturated heterocycles. The Morgan fingerprint density at radius 2 is 1.79 bits per heavy atom. The van der Waals surface area contributed by atoms with Crippen molar-refractivity contribution in [2.45, 2.75) is 31.7 Å². The fourth-order valence-corrected chi connectivity index (χ4v) is 5.28. The van der Waals surface area contributed by atoms with Crippen LogP contribution in [0.4, 0.5) is 13.2 Å². The highest BCUT2D eigenvalue weighted by Gasteiger charge is 2.41. The predicted molar refractivity (Wildman–Crippen MR) is 97.0 cm³/mol. The second kappa shape index (κ2) is 8.00. The van der Waals surface area contributed by atoms with Crippen molar-refractivity contribution in [3.05, 3.63) is 35.1 Å². The smallest absolute Gasteiger partial charge is 0.281 e. The Bertz CT molecular complexity index is 840. The monoisotopic (exact) mass is 419 g/mol. The standard InChI is InChI=1S/C18H24F3N3O3S/c1-22(2)28(26,27)23-7-5-16-13(11-23)4-3-6-24(16)17(25)10-12-8-14(19)18(21)15(20)9-12/h8-9,13,16H,3-7,10-11H2,1-2H3/t13-,16+/m0/s1. The van der Waals surface area contributed by atoms with E-state index in [1.54, 1.807) is 4.90 Å². The quantitative estimate of drug-likeness (QED) is 0.699. The molecule has 0 N–H and O–H groups in total. The molecule has 1 amide bonds. The van der Waals surface area contributed by atoms with Gasteiger partial charge in [-0.2, -0.15) is 17.0 Å². The van der Waals surface area contributed by atoms with E-state index in [0.29, 0.717) is 26.1 Å². The van der Waals surface area contributed by atoms with Crippen molar-refractivity contribution in [3.8, 4) is 0 Å². The topological polar surface area (TPSA) is 60.9 Å². The molecule has 0 unspecified atom stereocenters. The first kappa shape index (κ1) is 21.1. The number of piperidine rings is 2. The van der Waals surface area contributed by atoms with Crippen molar-refractivity contribution in [1.82, 2.24) is 13.5 Å². The number of fused-ring (bicyclic) bond motifs is 1. The number of carbonyl (C=O) groups excluding carboxylic acids is 1. The molecule has 0 spiro atoms. The third-order valence-electron chi connectivity index (χ3n) is 5.54. The number of amides is 1. The van der Waals surface area contributed by atoms with Gasteiger partial charge in [0.2, 0.25) is 5.91 Å². The van der Waals surface area contributed by atoms with Gasteiger partial charge in [-0.3, -0.25) is 4.79 Å². The summed E-state index contributed by atoms with van der Waals surface area (Å²) in [5.74, 6) is -4.46. The Hall–Kier alpha value is -1.65. The van der Waals surface area contributed by atoms with E-state index in [0.717, 1.165) is 25.0 Å². The first-order valence-electron chi connectivity index (χ1n) is 9.21. The lowest BCUT2D eigenvalue weighted by atomic mass is 9.84. The van der Waals surface area contributed by atoms with E-state index in [9.17, 15) is 26.4 Å². The van der Waals surface area contributed by atoms with Crippen LogP contribution < -0.4 is 0 Å². The minimum Gasteiger partial charge on any atom is -0.339 e. The summed E-state index contributed by atoms with van der Waals surface area (Å²) in [4.78, 5) is 14.5. The van der Waals surface area contributed by atoms with Gasteiger partial charge in [0.05, 0.1) is 6.42 Å². The van der Waals surface area contributed by atoms with Gasteiger partial charge in [-0.15, -0.1) is 0 Å². The van der Waals surface area contributed by atoms with Crippen LogP contribution in [0.3, 0.4) is 0 Å². The van der Waals surface area contributed by atoms with Crippen LogP contribution >= 0.6 is 0 Å². The highest BCUT2D eigenvalue weighted by molar-refractivity contribution is 7.86. The normalized spacial score (nSPS) is 23.7. The van der Waals surface area contributed by atoms with Gasteiger partial charge in [-0.1, -0.05) is 0 Å². The lowest BCUT2D eigenvalue weighted by Crippen LogP contribution is -2.58. The maximum atomic E-state index is 13.4. The van der Waals surface area contributed by atoms with Gasteiger partial charge in [0.15, 0.2) is 17.5 Å². The molecule has 0 aliphatic carbocycles. The van der Waals surface area contributed by atoms with E-state index in [-0.39, 0.29) is 29.9 Å². The molecule has 0 saturated carbocycles. The van der Waals surface area contributed by atoms with E-state index in [2.05, 4.69) is 0 Å². The van der Waals surface area contributed by atoms with E-state index >= 15 is 0 Å². The SMILES string of the molecule is CN(C)S(=O)(=O)N1CC[C@@H]2[C@@H](CCCN2C(=O)Cc2cc(F)c(F)c(F)c2)C1. The maximum Gasteiger partial charge on any atom is 0.281 e. The summed E-state index contributed by atoms with van der Waals surface area (Å²) in [6, 6.07) is 1.57. The zero-order valence-electron chi connectivity index (χ0n) is 15.9. The second-order valence-corrected chi connectivity index (χ2v) is 9.69. The number of hydrogen-bond donors (Lipinski definition) is 0. The molecule has 2 aliphatic heterocycles. The van der Waals surface area contributed by atoms with Crippen molar-refractivity contribution < 1.29 is 26.4 Å². The average molecular weight is 419 g/mol. The molecule has 6 nitrogen and oxygen atoms in total. The van der Waals surface area contributed by atoms with Crippen molar-refractivity contribution >= 4 is 16.1 Å². The van der Waals surface area contributed by atoms with E-state index < -0.39 is 27.7 Å². The molecule has 1 aromatic rings. The predicted octanol–water partition coefficient (Wildman–Crippen LogP) is 1.77. The van der Waals surface area contributed by atoms with E-state index in [1.807, 2.05) is 0 Å². The molecule has 2 atom stereocenters. The minimum absolute atomic E-state index is 0.0165. The lowest BCUT2D eigenvalue weighted by Gasteiger charge is -2.47. The average Bonchev–Trinajstić information content (AvgIpc) is 2.64. The molecule has 1 aromatic carbocycles. The van der Waals surface area contributed by atoms with Crippen molar-refractivity contribution in [2.24, 2.45) is 5.92 Å². The molecule has 0 bridgehead atoms. The van der Waals surface area contributed by atoms with Crippen LogP contribution in [0.15, 0.2) is 12.1 Å². The molecule has 2 heterocycles. The van der Waals surface area contributed by atoms with E-state index in [4.69, 9.17) is 0 Å². The molecule has 3 rings (SSSR count). The molecule has 28 heavy (non-hydrogen) atoms. The van der Waals surface area contributed by atoms with Crippen LogP contribution in [0.1, 0.15) is 24.8 Å². The second-order valence-electron chi connectivity index (χ2n) is 7.54. The van der Waals surface area contributed by atoms with Crippen molar-refractivity contribution in [3.63, 3.8) is 0 Å². The Balaban J connectivity index is 1.71. The Morgan fingerprint density at radius 3 is 2.39 bits per heavy atom. The zero-order valence-corrected chi connectivity index (χ0v) is 16.7. The number of benzene rings is 1.